The van der Waals surface area contributed by atoms with Gasteiger partial charge in [0.2, 0.25) is 17.8 Å². The molecule has 3 amide bonds. The number of nitrogens with two attached hydrogens (primary N) is 1. The summed E-state index contributed by atoms with van der Waals surface area (Å²) in [7, 11) is 3.88. The van der Waals surface area contributed by atoms with Crippen molar-refractivity contribution in [2.75, 3.05) is 14.1 Å². The Morgan fingerprint density at radius 3 is 1.86 bits per heavy atom. The SMILES string of the molecule is CN1C(=O)CC2(CC3(CCCCC3)Oc3ccc(-c4cccc(C#N)c4)cc32)N=C1N.CN1C(=O)CC2(CC3(CCCCC3)Oc3ccc(Br)cc32)N=C1NC(=O)OC(C)(C)C.N#Cc1cccc(O[B]O)c1. The summed E-state index contributed by atoms with van der Waals surface area (Å²) >= 11 is 3.55. The number of benzene rings is 4. The largest absolute Gasteiger partial charge is 0.569 e. The highest BCUT2D eigenvalue weighted by molar-refractivity contribution is 9.10. The van der Waals surface area contributed by atoms with Crippen LogP contribution < -0.4 is 25.2 Å². The summed E-state index contributed by atoms with van der Waals surface area (Å²) in [6, 6.07) is 30.2. The molecule has 0 aromatic heterocycles. The second kappa shape index (κ2) is 21.3. The zero-order valence-corrected chi connectivity index (χ0v) is 43.6. The molecule has 0 saturated heterocycles. The van der Waals surface area contributed by atoms with Crippen molar-refractivity contribution in [3.05, 3.63) is 112 Å². The summed E-state index contributed by atoms with van der Waals surface area (Å²) in [4.78, 5) is 51.2. The molecule has 2 unspecified atom stereocenters. The molecule has 73 heavy (non-hydrogen) atoms. The van der Waals surface area contributed by atoms with Gasteiger partial charge < -0.3 is 29.6 Å². The van der Waals surface area contributed by atoms with Crippen molar-refractivity contribution in [2.45, 2.75) is 139 Å². The fourth-order valence-electron chi connectivity index (χ4n) is 11.0. The lowest BCUT2D eigenvalue weighted by atomic mass is 9.69. The maximum Gasteiger partial charge on any atom is 0.569 e. The Balaban J connectivity index is 0.000000162. The van der Waals surface area contributed by atoms with E-state index >= 15 is 0 Å². The molecule has 4 spiro atoms. The molecule has 4 aromatic rings. The number of rotatable bonds is 3. The third kappa shape index (κ3) is 11.7. The van der Waals surface area contributed by atoms with Crippen LogP contribution in [0.15, 0.2) is 99.4 Å². The Morgan fingerprint density at radius 1 is 0.753 bits per heavy atom. The monoisotopic (exact) mass is 1050 g/mol. The second-order valence-corrected chi connectivity index (χ2v) is 21.7. The van der Waals surface area contributed by atoms with E-state index in [9.17, 15) is 19.6 Å². The van der Waals surface area contributed by atoms with E-state index in [4.69, 9.17) is 40.2 Å². The molecule has 4 aromatic carbocycles. The second-order valence-electron chi connectivity index (χ2n) is 20.8. The van der Waals surface area contributed by atoms with Crippen LogP contribution in [0.5, 0.6) is 17.2 Å². The number of hydrogen-bond donors (Lipinski definition) is 3. The van der Waals surface area contributed by atoms with Gasteiger partial charge in [0, 0.05) is 42.5 Å². The average Bonchev–Trinajstić information content (AvgIpc) is 3.35. The van der Waals surface area contributed by atoms with Crippen molar-refractivity contribution in [3.63, 3.8) is 0 Å². The molecule has 2 atom stereocenters. The Hall–Kier alpha value is -6.89. The van der Waals surface area contributed by atoms with Gasteiger partial charge in [0.05, 0.1) is 36.1 Å². The van der Waals surface area contributed by atoms with Gasteiger partial charge in [0.1, 0.15) is 45.1 Å². The van der Waals surface area contributed by atoms with E-state index in [1.807, 2.05) is 54.6 Å². The van der Waals surface area contributed by atoms with Crippen LogP contribution >= 0.6 is 15.9 Å². The fourth-order valence-corrected chi connectivity index (χ4v) is 11.3. The van der Waals surface area contributed by atoms with Gasteiger partial charge in [-0.1, -0.05) is 53.0 Å². The predicted molar refractivity (Wildman–Crippen MR) is 279 cm³/mol. The minimum absolute atomic E-state index is 0.0248. The topological polar surface area (TPSA) is 225 Å². The molecular weight excluding hydrogens is 991 g/mol. The Morgan fingerprint density at radius 2 is 1.29 bits per heavy atom. The Kier molecular flexibility index (Phi) is 15.3. The third-order valence-electron chi connectivity index (χ3n) is 14.4. The minimum Gasteiger partial charge on any atom is -0.537 e. The summed E-state index contributed by atoms with van der Waals surface area (Å²) in [5, 5.41) is 28.7. The molecule has 6 aliphatic rings. The molecule has 4 N–H and O–H groups in total. The summed E-state index contributed by atoms with van der Waals surface area (Å²) < 4.78 is 24.1. The zero-order chi connectivity index (χ0) is 52.2. The lowest BCUT2D eigenvalue weighted by molar-refractivity contribution is -0.131. The maximum absolute atomic E-state index is 13.1. The van der Waals surface area contributed by atoms with E-state index < -0.39 is 22.8 Å². The molecule has 2 aliphatic carbocycles. The molecule has 18 heteroatoms. The maximum atomic E-state index is 13.1. The number of nitrogens with zero attached hydrogens (tertiary/aromatic N) is 6. The predicted octanol–water partition coefficient (Wildman–Crippen LogP) is 9.42. The molecule has 16 nitrogen and oxygen atoms in total. The molecule has 4 aliphatic heterocycles. The van der Waals surface area contributed by atoms with Gasteiger partial charge in [-0.15, -0.1) is 0 Å². The van der Waals surface area contributed by atoms with Crippen molar-refractivity contribution in [2.24, 2.45) is 15.7 Å². The standard InChI is InChI=1S/C25H26N4O2.C23H30BrN3O4.C7H5BNO2/c1-29-22(30)14-25(28-23(29)27)16-24(10-3-2-4-11-24)31-21-9-8-19(13-20(21)25)18-7-5-6-17(12-18)15-26;1-21(2,3)31-20(29)25-19-26-23(13-18(28)27(19)4)14-22(10-6-5-7-11-22)30-17-9-8-15(24)12-16(17)23;9-5-6-2-1-3-7(4-6)11-8-10/h5-9,12-13H,2-4,10-11,14,16H2,1H3,(H2,27,28);8-9,12H,5-7,10-11,13-14H2,1-4H3,(H,25,26,29);1-4,10H. The molecule has 4 heterocycles. The first-order valence-corrected chi connectivity index (χ1v) is 25.5. The van der Waals surface area contributed by atoms with Crippen LogP contribution in [-0.2, 0) is 25.4 Å². The highest BCUT2D eigenvalue weighted by Gasteiger charge is 2.55. The lowest BCUT2D eigenvalue weighted by Gasteiger charge is -2.50. The van der Waals surface area contributed by atoms with E-state index in [-0.39, 0.29) is 47.8 Å². The number of fused-ring (bicyclic) bond motifs is 4. The lowest BCUT2D eigenvalue weighted by Crippen LogP contribution is -2.56. The van der Waals surface area contributed by atoms with Gasteiger partial charge >= 0.3 is 13.8 Å². The van der Waals surface area contributed by atoms with Crippen LogP contribution in [0.3, 0.4) is 0 Å². The highest BCUT2D eigenvalue weighted by atomic mass is 79.9. The van der Waals surface area contributed by atoms with Crippen LogP contribution in [0.4, 0.5) is 4.79 Å². The Labute approximate surface area is 436 Å². The molecule has 10 rings (SSSR count). The summed E-state index contributed by atoms with van der Waals surface area (Å²) in [6.07, 6.45) is 11.8. The normalized spacial score (nSPS) is 22.2. The van der Waals surface area contributed by atoms with Crippen molar-refractivity contribution < 1.29 is 38.3 Å². The number of carbonyl (C=O) groups excluding carboxylic acids is 3. The van der Waals surface area contributed by atoms with E-state index in [1.165, 1.54) is 28.7 Å². The van der Waals surface area contributed by atoms with Crippen molar-refractivity contribution in [3.8, 4) is 40.5 Å². The van der Waals surface area contributed by atoms with Crippen LogP contribution in [0.2, 0.25) is 0 Å². The molecule has 0 bridgehead atoms. The number of halogens is 1. The molecule has 379 valence electrons. The molecule has 1 radical (unpaired) electrons. The summed E-state index contributed by atoms with van der Waals surface area (Å²) in [5.41, 5.74) is 8.24. The van der Waals surface area contributed by atoms with Gasteiger partial charge in [0.15, 0.2) is 5.96 Å². The van der Waals surface area contributed by atoms with E-state index in [1.54, 1.807) is 59.1 Å². The van der Waals surface area contributed by atoms with E-state index in [2.05, 4.69) is 38.0 Å². The first kappa shape index (κ1) is 52.4. The van der Waals surface area contributed by atoms with Crippen LogP contribution in [0.1, 0.15) is 133 Å². The molecule has 2 saturated carbocycles. The number of nitrogens with one attached hydrogen (secondary N) is 1. The zero-order valence-electron chi connectivity index (χ0n) is 42.0. The number of carbonyl (C=O) groups is 3. The molecular formula is C55H61BBrN8O8. The number of alkyl carbamates (subject to hydrolysis) is 1. The van der Waals surface area contributed by atoms with Gasteiger partial charge in [0.25, 0.3) is 0 Å². The van der Waals surface area contributed by atoms with Gasteiger partial charge in [-0.2, -0.15) is 10.5 Å². The van der Waals surface area contributed by atoms with Gasteiger partial charge in [-0.3, -0.25) is 24.7 Å². The minimum atomic E-state index is -0.789. The number of nitriles is 2. The number of hydrogen-bond acceptors (Lipinski definition) is 13. The first-order chi connectivity index (χ1) is 34.8. The number of amides is 3. The van der Waals surface area contributed by atoms with Crippen molar-refractivity contribution >= 4 is 53.4 Å². The fraction of sp³-hybridized carbons (Fsp3) is 0.436. The van der Waals surface area contributed by atoms with Crippen LogP contribution in [0.25, 0.3) is 11.1 Å². The quantitative estimate of drug-likeness (QED) is 0.164. The Bertz CT molecular complexity index is 2920. The van der Waals surface area contributed by atoms with Crippen molar-refractivity contribution in [1.82, 2.24) is 15.1 Å². The third-order valence-corrected chi connectivity index (χ3v) is 14.9. The average molecular weight is 1050 g/mol. The van der Waals surface area contributed by atoms with Crippen molar-refractivity contribution in [1.29, 1.82) is 10.5 Å². The number of guanidine groups is 2. The summed E-state index contributed by atoms with van der Waals surface area (Å²) in [6.45, 7) is 5.39. The summed E-state index contributed by atoms with van der Waals surface area (Å²) in [5.74, 6) is 2.36. The van der Waals surface area contributed by atoms with E-state index in [0.29, 0.717) is 37.4 Å². The van der Waals surface area contributed by atoms with Gasteiger partial charge in [-0.25, -0.2) is 14.8 Å². The van der Waals surface area contributed by atoms with Crippen LogP contribution in [0, 0.1) is 22.7 Å². The van der Waals surface area contributed by atoms with Gasteiger partial charge in [-0.05, 0) is 144 Å². The first-order valence-electron chi connectivity index (χ1n) is 24.8. The van der Waals surface area contributed by atoms with E-state index in [0.717, 1.165) is 89.6 Å². The smallest absolute Gasteiger partial charge is 0.537 e. The van der Waals surface area contributed by atoms with Crippen LogP contribution in [-0.4, -0.2) is 83.2 Å². The highest BCUT2D eigenvalue weighted by Crippen LogP contribution is 2.55. The molecule has 2 fully saturated rings. The number of aliphatic imine (C=N–C) groups is 2. The number of ether oxygens (including phenoxy) is 3.